The smallest absolute Gasteiger partial charge is 0.173 e. The van der Waals surface area contributed by atoms with Crippen LogP contribution in [0, 0.1) is 5.92 Å². The van der Waals surface area contributed by atoms with Crippen molar-refractivity contribution in [3.8, 4) is 0 Å². The molecule has 0 bridgehead atoms. The number of Topliss-reactive ketones (excluding diaryl/α,β-unsaturated/α-hetero) is 1. The molecule has 2 aromatic carbocycles. The van der Waals surface area contributed by atoms with Crippen LogP contribution in [0.4, 0.5) is 0 Å². The molecule has 23 heavy (non-hydrogen) atoms. The van der Waals surface area contributed by atoms with Crippen molar-refractivity contribution in [3.05, 3.63) is 83.9 Å². The van der Waals surface area contributed by atoms with E-state index in [1.807, 2.05) is 12.1 Å². The van der Waals surface area contributed by atoms with Crippen LogP contribution >= 0.6 is 0 Å². The van der Waals surface area contributed by atoms with Crippen LogP contribution in [0.15, 0.2) is 72.8 Å². The predicted octanol–water partition coefficient (Wildman–Crippen LogP) is 3.08. The van der Waals surface area contributed by atoms with Gasteiger partial charge in [-0.25, -0.2) is 0 Å². The molecule has 118 valence electrons. The third-order valence-electron chi connectivity index (χ3n) is 4.75. The molecule has 0 heterocycles. The van der Waals surface area contributed by atoms with Gasteiger partial charge in [0.1, 0.15) is 5.60 Å². The number of ketones is 1. The average Bonchev–Trinajstić information content (AvgIpc) is 2.74. The lowest BCUT2D eigenvalue weighted by Crippen LogP contribution is -2.50. The lowest BCUT2D eigenvalue weighted by molar-refractivity contribution is -0.139. The normalized spacial score (nSPS) is 30.4. The van der Waals surface area contributed by atoms with Crippen molar-refractivity contribution in [2.45, 2.75) is 24.5 Å². The SMILES string of the molecule is C=C1C[C@@](C)(O)[C@](O)(c2ccccc2)C1C(=O)c1ccccc1. The number of hydrogen-bond acceptors (Lipinski definition) is 3. The third kappa shape index (κ3) is 2.33. The van der Waals surface area contributed by atoms with Crippen LogP contribution in [-0.4, -0.2) is 21.6 Å². The van der Waals surface area contributed by atoms with E-state index in [0.717, 1.165) is 0 Å². The number of aliphatic hydroxyl groups is 2. The van der Waals surface area contributed by atoms with Crippen LogP contribution in [-0.2, 0) is 5.60 Å². The van der Waals surface area contributed by atoms with Crippen molar-refractivity contribution in [2.24, 2.45) is 5.92 Å². The van der Waals surface area contributed by atoms with Gasteiger partial charge in [0.25, 0.3) is 0 Å². The highest BCUT2D eigenvalue weighted by Crippen LogP contribution is 2.53. The molecule has 1 unspecified atom stereocenters. The van der Waals surface area contributed by atoms with Gasteiger partial charge in [-0.2, -0.15) is 0 Å². The molecule has 1 saturated carbocycles. The van der Waals surface area contributed by atoms with E-state index >= 15 is 0 Å². The summed E-state index contributed by atoms with van der Waals surface area (Å²) in [5, 5.41) is 22.3. The Hall–Kier alpha value is -2.23. The van der Waals surface area contributed by atoms with Gasteiger partial charge in [0.15, 0.2) is 5.78 Å². The van der Waals surface area contributed by atoms with E-state index in [4.69, 9.17) is 0 Å². The van der Waals surface area contributed by atoms with Gasteiger partial charge in [0.2, 0.25) is 0 Å². The largest absolute Gasteiger partial charge is 0.386 e. The zero-order valence-corrected chi connectivity index (χ0v) is 13.1. The van der Waals surface area contributed by atoms with Crippen molar-refractivity contribution < 1.29 is 15.0 Å². The fourth-order valence-electron chi connectivity index (χ4n) is 3.60. The molecular weight excluding hydrogens is 288 g/mol. The van der Waals surface area contributed by atoms with E-state index in [9.17, 15) is 15.0 Å². The highest BCUT2D eigenvalue weighted by molar-refractivity contribution is 6.01. The monoisotopic (exact) mass is 308 g/mol. The Bertz CT molecular complexity index is 734. The molecule has 0 radical (unpaired) electrons. The molecule has 1 aliphatic carbocycles. The second-order valence-electron chi connectivity index (χ2n) is 6.40. The number of carbonyl (C=O) groups excluding carboxylic acids is 1. The van der Waals surface area contributed by atoms with E-state index in [0.29, 0.717) is 16.7 Å². The van der Waals surface area contributed by atoms with Crippen molar-refractivity contribution >= 4 is 5.78 Å². The Balaban J connectivity index is 2.14. The summed E-state index contributed by atoms with van der Waals surface area (Å²) >= 11 is 0. The van der Waals surface area contributed by atoms with E-state index in [-0.39, 0.29) is 12.2 Å². The van der Waals surface area contributed by atoms with Crippen molar-refractivity contribution in [2.75, 3.05) is 0 Å². The molecule has 3 atom stereocenters. The van der Waals surface area contributed by atoms with Gasteiger partial charge >= 0.3 is 0 Å². The number of hydrogen-bond donors (Lipinski definition) is 2. The van der Waals surface area contributed by atoms with Crippen molar-refractivity contribution in [1.82, 2.24) is 0 Å². The summed E-state index contributed by atoms with van der Waals surface area (Å²) in [5.41, 5.74) is -1.57. The zero-order valence-electron chi connectivity index (χ0n) is 13.1. The number of rotatable bonds is 3. The molecule has 1 fully saturated rings. The van der Waals surface area contributed by atoms with Gasteiger partial charge in [0.05, 0.1) is 11.5 Å². The van der Waals surface area contributed by atoms with E-state index in [1.54, 1.807) is 55.5 Å². The van der Waals surface area contributed by atoms with Gasteiger partial charge < -0.3 is 10.2 Å². The summed E-state index contributed by atoms with van der Waals surface area (Å²) in [4.78, 5) is 13.0. The molecule has 3 nitrogen and oxygen atoms in total. The Morgan fingerprint density at radius 2 is 1.57 bits per heavy atom. The van der Waals surface area contributed by atoms with E-state index < -0.39 is 17.1 Å². The Kier molecular flexibility index (Phi) is 3.71. The first-order chi connectivity index (χ1) is 10.9. The Labute approximate surface area is 135 Å². The molecule has 0 saturated heterocycles. The molecule has 3 heteroatoms. The molecule has 0 aromatic heterocycles. The first kappa shape index (κ1) is 15.7. The minimum Gasteiger partial charge on any atom is -0.386 e. The molecule has 3 rings (SSSR count). The topological polar surface area (TPSA) is 57.5 Å². The quantitative estimate of drug-likeness (QED) is 0.677. The second-order valence-corrected chi connectivity index (χ2v) is 6.40. The molecule has 1 aliphatic rings. The first-order valence-corrected chi connectivity index (χ1v) is 7.65. The minimum absolute atomic E-state index is 0.182. The van der Waals surface area contributed by atoms with Crippen LogP contribution in [0.1, 0.15) is 29.3 Å². The number of benzene rings is 2. The molecule has 0 aliphatic heterocycles. The minimum atomic E-state index is -1.70. The summed E-state index contributed by atoms with van der Waals surface area (Å²) in [5.74, 6) is -1.10. The van der Waals surface area contributed by atoms with Crippen LogP contribution < -0.4 is 0 Å². The fourth-order valence-corrected chi connectivity index (χ4v) is 3.60. The van der Waals surface area contributed by atoms with Crippen molar-refractivity contribution in [1.29, 1.82) is 0 Å². The third-order valence-corrected chi connectivity index (χ3v) is 4.75. The lowest BCUT2D eigenvalue weighted by Gasteiger charge is -2.39. The van der Waals surface area contributed by atoms with Crippen LogP contribution in [0.25, 0.3) is 0 Å². The van der Waals surface area contributed by atoms with Gasteiger partial charge in [-0.15, -0.1) is 0 Å². The van der Waals surface area contributed by atoms with Crippen LogP contribution in [0.5, 0.6) is 0 Å². The Morgan fingerprint density at radius 3 is 2.13 bits per heavy atom. The highest BCUT2D eigenvalue weighted by Gasteiger charge is 2.61. The summed E-state index contributed by atoms with van der Waals surface area (Å²) in [6.45, 7) is 5.52. The highest BCUT2D eigenvalue weighted by atomic mass is 16.4. The Morgan fingerprint density at radius 1 is 1.04 bits per heavy atom. The maximum Gasteiger partial charge on any atom is 0.173 e. The first-order valence-electron chi connectivity index (χ1n) is 7.65. The summed E-state index contributed by atoms with van der Waals surface area (Å²) in [6.07, 6.45) is 0.182. The van der Waals surface area contributed by atoms with Gasteiger partial charge in [-0.3, -0.25) is 4.79 Å². The van der Waals surface area contributed by atoms with E-state index in [2.05, 4.69) is 6.58 Å². The van der Waals surface area contributed by atoms with Gasteiger partial charge in [0, 0.05) is 12.0 Å². The lowest BCUT2D eigenvalue weighted by atomic mass is 9.73. The van der Waals surface area contributed by atoms with Crippen LogP contribution in [0.2, 0.25) is 0 Å². The molecule has 2 N–H and O–H groups in total. The maximum atomic E-state index is 13.0. The summed E-state index contributed by atoms with van der Waals surface area (Å²) in [6, 6.07) is 17.7. The summed E-state index contributed by atoms with van der Waals surface area (Å²) < 4.78 is 0. The maximum absolute atomic E-state index is 13.0. The second kappa shape index (κ2) is 5.44. The van der Waals surface area contributed by atoms with Gasteiger partial charge in [-0.05, 0) is 12.5 Å². The molecular formula is C20H20O3. The predicted molar refractivity (Wildman–Crippen MR) is 89.0 cm³/mol. The fraction of sp³-hybridized carbons (Fsp3) is 0.250. The number of carbonyl (C=O) groups is 1. The molecule has 2 aromatic rings. The molecule has 0 spiro atoms. The standard InChI is InChI=1S/C20H20O3/c1-14-13-19(2,22)20(23,16-11-7-4-8-12-16)17(14)18(21)15-9-5-3-6-10-15/h3-12,17,22-23H,1,13H2,2H3/t17?,19-,20+/m1/s1. The van der Waals surface area contributed by atoms with Gasteiger partial charge in [-0.1, -0.05) is 72.8 Å². The van der Waals surface area contributed by atoms with E-state index in [1.165, 1.54) is 0 Å². The molecule has 0 amide bonds. The zero-order chi connectivity index (χ0) is 16.7. The average molecular weight is 308 g/mol. The van der Waals surface area contributed by atoms with Crippen molar-refractivity contribution in [3.63, 3.8) is 0 Å². The van der Waals surface area contributed by atoms with Crippen LogP contribution in [0.3, 0.4) is 0 Å². The summed E-state index contributed by atoms with van der Waals surface area (Å²) in [7, 11) is 0.